The third-order valence-electron chi connectivity index (χ3n) is 4.59. The van der Waals surface area contributed by atoms with Gasteiger partial charge in [0.15, 0.2) is 0 Å². The Morgan fingerprint density at radius 2 is 1.50 bits per heavy atom. The number of dihydropyridines is 1. The van der Waals surface area contributed by atoms with Crippen molar-refractivity contribution in [2.24, 2.45) is 0 Å². The molecule has 2 rings (SSSR count). The number of rotatable bonds is 9. The number of nitrogens with one attached hydrogen (secondary N) is 1. The first-order valence-corrected chi connectivity index (χ1v) is 9.45. The molecule has 0 aromatic heterocycles. The second-order valence-corrected chi connectivity index (χ2v) is 6.63. The highest BCUT2D eigenvalue weighted by atomic mass is 16.6. The first kappa shape index (κ1) is 23.1. The molecule has 0 amide bonds. The summed E-state index contributed by atoms with van der Waals surface area (Å²) in [5.74, 6) is -1.89. The average molecular weight is 414 g/mol. The van der Waals surface area contributed by atoms with E-state index in [1.54, 1.807) is 38.1 Å². The van der Waals surface area contributed by atoms with Crippen LogP contribution in [0.15, 0.2) is 46.8 Å². The molecule has 1 N–H and O–H groups in total. The van der Waals surface area contributed by atoms with E-state index in [1.807, 2.05) is 0 Å². The van der Waals surface area contributed by atoms with Crippen LogP contribution in [-0.4, -0.2) is 52.6 Å². The van der Waals surface area contributed by atoms with Crippen molar-refractivity contribution < 1.29 is 28.5 Å². The first-order valence-electron chi connectivity index (χ1n) is 9.45. The molecule has 30 heavy (non-hydrogen) atoms. The normalized spacial score (nSPS) is 14.2. The minimum Gasteiger partial charge on any atom is -0.460 e. The molecule has 0 unspecified atom stereocenters. The average Bonchev–Trinajstić information content (AvgIpc) is 2.73. The highest BCUT2D eigenvalue weighted by Gasteiger charge is 2.38. The van der Waals surface area contributed by atoms with Crippen LogP contribution in [0.4, 0.5) is 0 Å². The van der Waals surface area contributed by atoms with Gasteiger partial charge in [0.2, 0.25) is 0 Å². The zero-order valence-corrected chi connectivity index (χ0v) is 17.6. The molecule has 0 radical (unpaired) electrons. The van der Waals surface area contributed by atoms with Crippen LogP contribution in [0.3, 0.4) is 0 Å². The van der Waals surface area contributed by atoms with Crippen molar-refractivity contribution >= 4 is 11.9 Å². The van der Waals surface area contributed by atoms with Crippen molar-refractivity contribution in [3.05, 3.63) is 57.9 Å². The van der Waals surface area contributed by atoms with Gasteiger partial charge in [-0.05, 0) is 31.5 Å². The molecular weight excluding hydrogens is 388 g/mol. The molecular formula is C22H26N2O6. The van der Waals surface area contributed by atoms with Crippen LogP contribution in [0.5, 0.6) is 0 Å². The fourth-order valence-electron chi connectivity index (χ4n) is 3.25. The number of carbonyl (C=O) groups excluding carboxylic acids is 2. The maximum absolute atomic E-state index is 12.9. The summed E-state index contributed by atoms with van der Waals surface area (Å²) in [6.45, 7) is 4.14. The Morgan fingerprint density at radius 3 is 1.97 bits per heavy atom. The second-order valence-electron chi connectivity index (χ2n) is 6.63. The number of esters is 2. The van der Waals surface area contributed by atoms with Gasteiger partial charge in [0.25, 0.3) is 0 Å². The summed E-state index contributed by atoms with van der Waals surface area (Å²) < 4.78 is 20.6. The Labute approximate surface area is 176 Å². The molecule has 0 fully saturated rings. The molecule has 0 saturated carbocycles. The molecule has 160 valence electrons. The Bertz CT molecular complexity index is 853. The highest BCUT2D eigenvalue weighted by Crippen LogP contribution is 2.39. The lowest BCUT2D eigenvalue weighted by molar-refractivity contribution is -0.141. The van der Waals surface area contributed by atoms with Crippen LogP contribution in [-0.2, 0) is 28.5 Å². The molecule has 0 atom stereocenters. The van der Waals surface area contributed by atoms with Gasteiger partial charge >= 0.3 is 11.9 Å². The van der Waals surface area contributed by atoms with E-state index in [1.165, 1.54) is 14.2 Å². The topological polar surface area (TPSA) is 107 Å². The van der Waals surface area contributed by atoms with Crippen molar-refractivity contribution in [2.45, 2.75) is 19.8 Å². The van der Waals surface area contributed by atoms with Gasteiger partial charge in [0.05, 0.1) is 41.9 Å². The molecule has 1 aromatic rings. The summed E-state index contributed by atoms with van der Waals surface area (Å²) in [6.07, 6.45) is 0. The summed E-state index contributed by atoms with van der Waals surface area (Å²) >= 11 is 0. The predicted octanol–water partition coefficient (Wildman–Crippen LogP) is 2.17. The number of nitriles is 1. The summed E-state index contributed by atoms with van der Waals surface area (Å²) in [7, 11) is 3.02. The summed E-state index contributed by atoms with van der Waals surface area (Å²) in [5.41, 5.74) is 2.73. The molecule has 0 spiro atoms. The first-order chi connectivity index (χ1) is 14.4. The van der Waals surface area contributed by atoms with E-state index in [0.29, 0.717) is 22.5 Å². The number of allylic oxidation sites excluding steroid dienone is 2. The van der Waals surface area contributed by atoms with Gasteiger partial charge in [-0.15, -0.1) is 0 Å². The van der Waals surface area contributed by atoms with Crippen LogP contribution in [0.25, 0.3) is 0 Å². The molecule has 0 saturated heterocycles. The fourth-order valence-corrected chi connectivity index (χ4v) is 3.25. The van der Waals surface area contributed by atoms with Gasteiger partial charge in [-0.1, -0.05) is 12.1 Å². The summed E-state index contributed by atoms with van der Waals surface area (Å²) in [6, 6.07) is 8.88. The number of methoxy groups -OCH3 is 2. The van der Waals surface area contributed by atoms with Crippen molar-refractivity contribution in [2.75, 3.05) is 40.6 Å². The van der Waals surface area contributed by atoms with E-state index in [2.05, 4.69) is 11.4 Å². The van der Waals surface area contributed by atoms with Crippen LogP contribution in [0.2, 0.25) is 0 Å². The summed E-state index contributed by atoms with van der Waals surface area (Å²) in [5, 5.41) is 12.4. The van der Waals surface area contributed by atoms with Crippen molar-refractivity contribution in [1.82, 2.24) is 5.32 Å². The Balaban J connectivity index is 2.51. The SMILES string of the molecule is COCCOC(=O)C1=C(C)NC(C)=C(C(=O)OCCOC)C1c1cccc(C#N)c1. The van der Waals surface area contributed by atoms with Gasteiger partial charge in [-0.2, -0.15) is 5.26 Å². The third-order valence-corrected chi connectivity index (χ3v) is 4.59. The Kier molecular flexibility index (Phi) is 8.59. The van der Waals surface area contributed by atoms with Gasteiger partial charge in [-0.3, -0.25) is 0 Å². The van der Waals surface area contributed by atoms with Crippen molar-refractivity contribution in [3.63, 3.8) is 0 Å². The zero-order chi connectivity index (χ0) is 22.1. The van der Waals surface area contributed by atoms with Gasteiger partial charge in [-0.25, -0.2) is 9.59 Å². The van der Waals surface area contributed by atoms with Crippen LogP contribution in [0, 0.1) is 11.3 Å². The number of nitrogens with zero attached hydrogens (tertiary/aromatic N) is 1. The van der Waals surface area contributed by atoms with E-state index in [4.69, 9.17) is 18.9 Å². The molecule has 8 nitrogen and oxygen atoms in total. The van der Waals surface area contributed by atoms with Gasteiger partial charge < -0.3 is 24.3 Å². The number of ether oxygens (including phenoxy) is 4. The molecule has 1 aromatic carbocycles. The lowest BCUT2D eigenvalue weighted by Crippen LogP contribution is -2.33. The lowest BCUT2D eigenvalue weighted by Gasteiger charge is -2.30. The second kappa shape index (κ2) is 11.1. The van der Waals surface area contributed by atoms with E-state index in [9.17, 15) is 14.9 Å². The quantitative estimate of drug-likeness (QED) is 0.484. The third kappa shape index (κ3) is 5.47. The fraction of sp³-hybridized carbons (Fsp3) is 0.409. The van der Waals surface area contributed by atoms with Crippen LogP contribution < -0.4 is 5.32 Å². The smallest absolute Gasteiger partial charge is 0.336 e. The maximum atomic E-state index is 12.9. The zero-order valence-electron chi connectivity index (χ0n) is 17.6. The van der Waals surface area contributed by atoms with Gasteiger partial charge in [0, 0.05) is 25.6 Å². The number of hydrogen-bond acceptors (Lipinski definition) is 8. The number of carbonyl (C=O) groups is 2. The van der Waals surface area contributed by atoms with E-state index in [-0.39, 0.29) is 37.6 Å². The van der Waals surface area contributed by atoms with Crippen molar-refractivity contribution in [3.8, 4) is 6.07 Å². The molecule has 1 aliphatic heterocycles. The minimum absolute atomic E-state index is 0.0768. The number of benzene rings is 1. The van der Waals surface area contributed by atoms with Crippen LogP contribution >= 0.6 is 0 Å². The van der Waals surface area contributed by atoms with E-state index >= 15 is 0 Å². The molecule has 0 aliphatic carbocycles. The van der Waals surface area contributed by atoms with Gasteiger partial charge in [0.1, 0.15) is 13.2 Å². The van der Waals surface area contributed by atoms with E-state index < -0.39 is 17.9 Å². The lowest BCUT2D eigenvalue weighted by atomic mass is 9.80. The molecule has 0 bridgehead atoms. The molecule has 1 heterocycles. The molecule has 1 aliphatic rings. The number of hydrogen-bond donors (Lipinski definition) is 1. The highest BCUT2D eigenvalue weighted by molar-refractivity contribution is 5.99. The predicted molar refractivity (Wildman–Crippen MR) is 108 cm³/mol. The summed E-state index contributed by atoms with van der Waals surface area (Å²) in [4.78, 5) is 25.8. The Morgan fingerprint density at radius 1 is 0.967 bits per heavy atom. The standard InChI is InChI=1S/C22H26N2O6/c1-14-18(21(25)29-10-8-27-3)20(17-7-5-6-16(12-17)13-23)19(15(2)24-14)22(26)30-11-9-28-4/h5-7,12,20,24H,8-11H2,1-4H3. The maximum Gasteiger partial charge on any atom is 0.336 e. The van der Waals surface area contributed by atoms with Crippen molar-refractivity contribution in [1.29, 1.82) is 5.26 Å². The van der Waals surface area contributed by atoms with E-state index in [0.717, 1.165) is 0 Å². The largest absolute Gasteiger partial charge is 0.460 e. The van der Waals surface area contributed by atoms with Crippen LogP contribution in [0.1, 0.15) is 30.9 Å². The molecule has 8 heteroatoms. The Hall–Kier alpha value is -3.15. The monoisotopic (exact) mass is 414 g/mol. The minimum atomic E-state index is -0.746.